The van der Waals surface area contributed by atoms with Gasteiger partial charge in [0.05, 0.1) is 6.54 Å². The SMILES string of the molecule is CCNC(=NCC1(N2CCCC2)CCOCC1)NC(C)Cc1ccc(C)s1.I. The Morgan fingerprint density at radius 2 is 2.00 bits per heavy atom. The van der Waals surface area contributed by atoms with Crippen LogP contribution in [0.1, 0.15) is 49.3 Å². The molecule has 3 heterocycles. The van der Waals surface area contributed by atoms with Crippen LogP contribution < -0.4 is 10.6 Å². The molecule has 2 N–H and O–H groups in total. The van der Waals surface area contributed by atoms with E-state index in [0.29, 0.717) is 6.04 Å². The molecule has 0 amide bonds. The van der Waals surface area contributed by atoms with E-state index in [9.17, 15) is 0 Å². The molecule has 1 aromatic heterocycles. The normalized spacial score (nSPS) is 21.2. The molecule has 1 unspecified atom stereocenters. The van der Waals surface area contributed by atoms with Crippen LogP contribution in [0.25, 0.3) is 0 Å². The molecule has 2 aliphatic rings. The molecule has 0 bridgehead atoms. The number of thiophene rings is 1. The lowest BCUT2D eigenvalue weighted by Gasteiger charge is -2.43. The minimum atomic E-state index is 0. The van der Waals surface area contributed by atoms with Gasteiger partial charge in [-0.2, -0.15) is 0 Å². The first-order chi connectivity index (χ1) is 13.1. The van der Waals surface area contributed by atoms with Crippen molar-refractivity contribution in [2.45, 2.75) is 64.5 Å². The van der Waals surface area contributed by atoms with Gasteiger partial charge in [-0.3, -0.25) is 9.89 Å². The number of hydrogen-bond acceptors (Lipinski definition) is 4. The van der Waals surface area contributed by atoms with E-state index in [0.717, 1.165) is 51.5 Å². The number of halogens is 1. The molecule has 0 aliphatic carbocycles. The summed E-state index contributed by atoms with van der Waals surface area (Å²) >= 11 is 1.89. The third-order valence-corrected chi connectivity index (χ3v) is 6.79. The van der Waals surface area contributed by atoms with E-state index in [1.807, 2.05) is 11.3 Å². The lowest BCUT2D eigenvalue weighted by molar-refractivity contribution is -0.0139. The fraction of sp³-hybridized carbons (Fsp3) is 0.762. The van der Waals surface area contributed by atoms with Gasteiger partial charge in [0, 0.05) is 47.5 Å². The molecule has 2 fully saturated rings. The van der Waals surface area contributed by atoms with E-state index in [1.54, 1.807) is 0 Å². The molecule has 1 aromatic rings. The van der Waals surface area contributed by atoms with Gasteiger partial charge in [-0.1, -0.05) is 0 Å². The third kappa shape index (κ3) is 6.57. The van der Waals surface area contributed by atoms with Gasteiger partial charge in [0.2, 0.25) is 0 Å². The van der Waals surface area contributed by atoms with Crippen LogP contribution >= 0.6 is 35.3 Å². The Bertz CT molecular complexity index is 609. The molecule has 0 aromatic carbocycles. The largest absolute Gasteiger partial charge is 0.381 e. The average Bonchev–Trinajstić information content (AvgIpc) is 3.33. The Hall–Kier alpha value is -0.380. The molecule has 0 spiro atoms. The van der Waals surface area contributed by atoms with Crippen LogP contribution in [0.5, 0.6) is 0 Å². The zero-order valence-electron chi connectivity index (χ0n) is 17.6. The molecule has 0 saturated carbocycles. The van der Waals surface area contributed by atoms with E-state index < -0.39 is 0 Å². The topological polar surface area (TPSA) is 48.9 Å². The fourth-order valence-electron chi connectivity index (χ4n) is 4.24. The highest BCUT2D eigenvalue weighted by molar-refractivity contribution is 14.0. The smallest absolute Gasteiger partial charge is 0.191 e. The molecule has 7 heteroatoms. The molecular formula is C21H37IN4OS. The van der Waals surface area contributed by atoms with Gasteiger partial charge in [-0.15, -0.1) is 35.3 Å². The van der Waals surface area contributed by atoms with Gasteiger partial charge in [0.1, 0.15) is 0 Å². The summed E-state index contributed by atoms with van der Waals surface area (Å²) in [5.41, 5.74) is 0.186. The highest BCUT2D eigenvalue weighted by atomic mass is 127. The number of likely N-dealkylation sites (tertiary alicyclic amines) is 1. The van der Waals surface area contributed by atoms with Crippen LogP contribution in [0.4, 0.5) is 0 Å². The van der Waals surface area contributed by atoms with Crippen molar-refractivity contribution in [2.24, 2.45) is 4.99 Å². The molecule has 2 aliphatic heterocycles. The number of rotatable bonds is 7. The highest BCUT2D eigenvalue weighted by Crippen LogP contribution is 2.31. The molecule has 2 saturated heterocycles. The standard InChI is InChI=1S/C21H36N4OS.HI/c1-4-22-20(24-17(2)15-19-8-7-18(3)27-19)23-16-21(9-13-26-14-10-21)25-11-5-6-12-25;/h7-8,17H,4-6,9-16H2,1-3H3,(H2,22,23,24);1H. The van der Waals surface area contributed by atoms with Gasteiger partial charge >= 0.3 is 0 Å². The van der Waals surface area contributed by atoms with E-state index >= 15 is 0 Å². The van der Waals surface area contributed by atoms with Crippen LogP contribution in [0.15, 0.2) is 17.1 Å². The second-order valence-corrected chi connectivity index (χ2v) is 9.36. The summed E-state index contributed by atoms with van der Waals surface area (Å²) in [5, 5.41) is 7.06. The summed E-state index contributed by atoms with van der Waals surface area (Å²) in [6.45, 7) is 12.5. The molecule has 5 nitrogen and oxygen atoms in total. The lowest BCUT2D eigenvalue weighted by atomic mass is 9.88. The predicted octanol–water partition coefficient (Wildman–Crippen LogP) is 3.81. The van der Waals surface area contributed by atoms with Crippen molar-refractivity contribution in [1.82, 2.24) is 15.5 Å². The van der Waals surface area contributed by atoms with Gasteiger partial charge in [0.15, 0.2) is 5.96 Å². The number of nitrogens with zero attached hydrogens (tertiary/aromatic N) is 2. The quantitative estimate of drug-likeness (QED) is 0.326. The number of guanidine groups is 1. The van der Waals surface area contributed by atoms with E-state index in [1.165, 1.54) is 35.7 Å². The van der Waals surface area contributed by atoms with Crippen molar-refractivity contribution in [2.75, 3.05) is 39.4 Å². The van der Waals surface area contributed by atoms with Crippen LogP contribution in [-0.4, -0.2) is 61.8 Å². The zero-order valence-corrected chi connectivity index (χ0v) is 20.8. The number of aliphatic imine (C=N–C) groups is 1. The molecule has 3 rings (SSSR count). The first-order valence-electron chi connectivity index (χ1n) is 10.5. The summed E-state index contributed by atoms with van der Waals surface area (Å²) in [7, 11) is 0. The van der Waals surface area contributed by atoms with Crippen molar-refractivity contribution in [3.05, 3.63) is 21.9 Å². The minimum absolute atomic E-state index is 0. The van der Waals surface area contributed by atoms with Gasteiger partial charge in [0.25, 0.3) is 0 Å². The lowest BCUT2D eigenvalue weighted by Crippen LogP contribution is -2.54. The molecule has 0 radical (unpaired) electrons. The van der Waals surface area contributed by atoms with Gasteiger partial charge in [-0.25, -0.2) is 0 Å². The van der Waals surface area contributed by atoms with Crippen molar-refractivity contribution < 1.29 is 4.74 Å². The Balaban J connectivity index is 0.00000280. The maximum atomic E-state index is 5.67. The Labute approximate surface area is 191 Å². The zero-order chi connectivity index (χ0) is 19.1. The first kappa shape index (κ1) is 23.9. The van der Waals surface area contributed by atoms with E-state index in [-0.39, 0.29) is 29.5 Å². The minimum Gasteiger partial charge on any atom is -0.381 e. The predicted molar refractivity (Wildman–Crippen MR) is 130 cm³/mol. The first-order valence-corrected chi connectivity index (χ1v) is 11.4. The average molecular weight is 521 g/mol. The van der Waals surface area contributed by atoms with Crippen molar-refractivity contribution in [3.63, 3.8) is 0 Å². The molecule has 160 valence electrons. The van der Waals surface area contributed by atoms with Gasteiger partial charge < -0.3 is 15.4 Å². The van der Waals surface area contributed by atoms with Crippen molar-refractivity contribution in [3.8, 4) is 0 Å². The van der Waals surface area contributed by atoms with Crippen molar-refractivity contribution >= 4 is 41.3 Å². The Kier molecular flexibility index (Phi) is 10.00. The highest BCUT2D eigenvalue weighted by Gasteiger charge is 2.39. The van der Waals surface area contributed by atoms with Crippen LogP contribution in [0, 0.1) is 6.92 Å². The summed E-state index contributed by atoms with van der Waals surface area (Å²) < 4.78 is 5.67. The van der Waals surface area contributed by atoms with Crippen LogP contribution in [0.2, 0.25) is 0 Å². The number of aryl methyl sites for hydroxylation is 1. The second kappa shape index (κ2) is 11.7. The number of nitrogens with one attached hydrogen (secondary N) is 2. The Morgan fingerprint density at radius 3 is 2.61 bits per heavy atom. The second-order valence-electron chi connectivity index (χ2n) is 7.99. The third-order valence-electron chi connectivity index (χ3n) is 5.76. The van der Waals surface area contributed by atoms with Crippen LogP contribution in [-0.2, 0) is 11.2 Å². The monoisotopic (exact) mass is 520 g/mol. The maximum Gasteiger partial charge on any atom is 0.191 e. The summed E-state index contributed by atoms with van der Waals surface area (Å²) in [6, 6.07) is 4.81. The van der Waals surface area contributed by atoms with E-state index in [2.05, 4.69) is 48.4 Å². The molecular weight excluding hydrogens is 483 g/mol. The maximum absolute atomic E-state index is 5.67. The number of hydrogen-bond donors (Lipinski definition) is 2. The van der Waals surface area contributed by atoms with Gasteiger partial charge in [-0.05, 0) is 71.7 Å². The summed E-state index contributed by atoms with van der Waals surface area (Å²) in [5.74, 6) is 0.948. The van der Waals surface area contributed by atoms with E-state index in [4.69, 9.17) is 9.73 Å². The summed E-state index contributed by atoms with van der Waals surface area (Å²) in [6.07, 6.45) is 5.87. The fourth-order valence-corrected chi connectivity index (χ4v) is 5.26. The Morgan fingerprint density at radius 1 is 1.29 bits per heavy atom. The van der Waals surface area contributed by atoms with Crippen molar-refractivity contribution in [1.29, 1.82) is 0 Å². The number of ether oxygens (including phenoxy) is 1. The molecule has 28 heavy (non-hydrogen) atoms. The molecule has 1 atom stereocenters. The summed E-state index contributed by atoms with van der Waals surface area (Å²) in [4.78, 5) is 10.5. The van der Waals surface area contributed by atoms with Crippen LogP contribution in [0.3, 0.4) is 0 Å².